The molecule has 1 atom stereocenters. The molecule has 0 aromatic heterocycles. The fourth-order valence-corrected chi connectivity index (χ4v) is 4.35. The zero-order valence-electron chi connectivity index (χ0n) is 18.0. The van der Waals surface area contributed by atoms with Crippen molar-refractivity contribution in [2.45, 2.75) is 39.2 Å². The number of piperazine rings is 1. The van der Waals surface area contributed by atoms with Gasteiger partial charge in [-0.25, -0.2) is 9.69 Å². The zero-order valence-corrected chi connectivity index (χ0v) is 18.0. The van der Waals surface area contributed by atoms with Crippen LogP contribution in [0.3, 0.4) is 0 Å². The number of imide groups is 1. The predicted molar refractivity (Wildman–Crippen MR) is 114 cm³/mol. The van der Waals surface area contributed by atoms with Gasteiger partial charge >= 0.3 is 6.03 Å². The third kappa shape index (κ3) is 4.06. The van der Waals surface area contributed by atoms with Crippen LogP contribution in [0.2, 0.25) is 0 Å². The Bertz CT molecular complexity index is 860. The number of nitrogens with zero attached hydrogens (tertiary/aromatic N) is 3. The van der Waals surface area contributed by atoms with Crippen LogP contribution < -0.4 is 10.6 Å². The second kappa shape index (κ2) is 8.00. The van der Waals surface area contributed by atoms with Crippen LogP contribution in [0.5, 0.6) is 0 Å². The summed E-state index contributed by atoms with van der Waals surface area (Å²) in [5, 5.41) is 5.90. The van der Waals surface area contributed by atoms with Gasteiger partial charge in [0, 0.05) is 31.9 Å². The molecule has 1 saturated carbocycles. The van der Waals surface area contributed by atoms with Crippen LogP contribution in [0.1, 0.15) is 30.9 Å². The lowest BCUT2D eigenvalue weighted by molar-refractivity contribution is -0.133. The van der Waals surface area contributed by atoms with Gasteiger partial charge < -0.3 is 10.6 Å². The Morgan fingerprint density at radius 3 is 2.47 bits per heavy atom. The molecule has 2 aliphatic heterocycles. The van der Waals surface area contributed by atoms with Crippen LogP contribution in [0, 0.1) is 19.8 Å². The van der Waals surface area contributed by atoms with E-state index in [1.165, 1.54) is 4.90 Å². The Kier molecular flexibility index (Phi) is 5.55. The molecule has 2 N–H and O–H groups in total. The van der Waals surface area contributed by atoms with Crippen molar-refractivity contribution in [2.24, 2.45) is 5.92 Å². The summed E-state index contributed by atoms with van der Waals surface area (Å²) >= 11 is 0. The number of hydrogen-bond donors (Lipinski definition) is 2. The van der Waals surface area contributed by atoms with E-state index >= 15 is 0 Å². The van der Waals surface area contributed by atoms with E-state index < -0.39 is 5.54 Å². The minimum atomic E-state index is -0.731. The van der Waals surface area contributed by atoms with E-state index in [0.29, 0.717) is 26.3 Å². The summed E-state index contributed by atoms with van der Waals surface area (Å²) in [4.78, 5) is 43.1. The Labute approximate surface area is 177 Å². The van der Waals surface area contributed by atoms with E-state index in [-0.39, 0.29) is 23.8 Å². The largest absolute Gasteiger partial charge is 0.326 e. The Morgan fingerprint density at radius 1 is 1.13 bits per heavy atom. The second-order valence-corrected chi connectivity index (χ2v) is 8.97. The SMILES string of the molecule is Cc1cccc(NC(=O)CN2CCN(CN3C(=O)N[C@@](C)(C4CC4)C3=O)CC2)c1C. The van der Waals surface area contributed by atoms with Crippen molar-refractivity contribution < 1.29 is 14.4 Å². The molecule has 0 radical (unpaired) electrons. The van der Waals surface area contributed by atoms with Crippen molar-refractivity contribution in [2.75, 3.05) is 44.7 Å². The lowest BCUT2D eigenvalue weighted by atomic mass is 9.96. The molecule has 8 heteroatoms. The molecule has 0 bridgehead atoms. The van der Waals surface area contributed by atoms with Crippen LogP contribution in [-0.2, 0) is 9.59 Å². The smallest absolute Gasteiger partial charge is 0.325 e. The highest BCUT2D eigenvalue weighted by Crippen LogP contribution is 2.42. The molecule has 8 nitrogen and oxygen atoms in total. The van der Waals surface area contributed by atoms with Gasteiger partial charge in [0.15, 0.2) is 0 Å². The predicted octanol–water partition coefficient (Wildman–Crippen LogP) is 1.54. The molecule has 3 fully saturated rings. The van der Waals surface area contributed by atoms with Gasteiger partial charge in [0.2, 0.25) is 5.91 Å². The maximum absolute atomic E-state index is 12.8. The standard InChI is InChI=1S/C22H31N5O3/c1-15-5-4-6-18(16(15)2)23-19(28)13-25-9-11-26(12-10-25)14-27-20(29)22(3,17-7-8-17)24-21(27)30/h4-6,17H,7-14H2,1-3H3,(H,23,28)(H,24,30)/t22-/m0/s1. The molecule has 1 aromatic carbocycles. The number of anilines is 1. The van der Waals surface area contributed by atoms with Gasteiger partial charge in [-0.3, -0.25) is 19.4 Å². The Hall–Kier alpha value is -2.45. The maximum atomic E-state index is 12.8. The quantitative estimate of drug-likeness (QED) is 0.691. The average molecular weight is 414 g/mol. The molecule has 1 aliphatic carbocycles. The van der Waals surface area contributed by atoms with E-state index in [4.69, 9.17) is 0 Å². The van der Waals surface area contributed by atoms with E-state index in [0.717, 1.165) is 42.7 Å². The summed E-state index contributed by atoms with van der Waals surface area (Å²) < 4.78 is 0. The van der Waals surface area contributed by atoms with Gasteiger partial charge in [-0.1, -0.05) is 12.1 Å². The molecule has 0 spiro atoms. The summed E-state index contributed by atoms with van der Waals surface area (Å²) in [5.74, 6) is 0.142. The number of urea groups is 1. The van der Waals surface area contributed by atoms with E-state index in [9.17, 15) is 14.4 Å². The average Bonchev–Trinajstić information content (AvgIpc) is 3.53. The number of hydrogen-bond acceptors (Lipinski definition) is 5. The van der Waals surface area contributed by atoms with Crippen molar-refractivity contribution in [3.8, 4) is 0 Å². The zero-order chi connectivity index (χ0) is 21.5. The molecule has 4 amide bonds. The third-order valence-corrected chi connectivity index (χ3v) is 6.75. The molecular weight excluding hydrogens is 382 g/mol. The van der Waals surface area contributed by atoms with Gasteiger partial charge in [0.05, 0.1) is 13.2 Å². The monoisotopic (exact) mass is 413 g/mol. The number of rotatable bonds is 6. The van der Waals surface area contributed by atoms with Crippen LogP contribution >= 0.6 is 0 Å². The third-order valence-electron chi connectivity index (χ3n) is 6.75. The first-order valence-electron chi connectivity index (χ1n) is 10.7. The van der Waals surface area contributed by atoms with Gasteiger partial charge in [-0.05, 0) is 56.7 Å². The van der Waals surface area contributed by atoms with Crippen molar-refractivity contribution in [1.29, 1.82) is 0 Å². The number of carbonyl (C=O) groups is 3. The molecule has 2 heterocycles. The molecule has 2 saturated heterocycles. The summed E-state index contributed by atoms with van der Waals surface area (Å²) in [6.07, 6.45) is 2.00. The van der Waals surface area contributed by atoms with Crippen molar-refractivity contribution in [3.63, 3.8) is 0 Å². The van der Waals surface area contributed by atoms with E-state index in [1.54, 1.807) is 0 Å². The molecule has 0 unspecified atom stereocenters. The number of nitrogens with one attached hydrogen (secondary N) is 2. The van der Waals surface area contributed by atoms with Crippen LogP contribution in [0.15, 0.2) is 18.2 Å². The van der Waals surface area contributed by atoms with Crippen LogP contribution in [-0.4, -0.2) is 77.5 Å². The topological polar surface area (TPSA) is 85.0 Å². The Balaban J connectivity index is 1.25. The maximum Gasteiger partial charge on any atom is 0.326 e. The highest BCUT2D eigenvalue weighted by molar-refractivity contribution is 6.07. The lowest BCUT2D eigenvalue weighted by Crippen LogP contribution is -2.53. The molecule has 162 valence electrons. The highest BCUT2D eigenvalue weighted by Gasteiger charge is 2.56. The first-order chi connectivity index (χ1) is 14.3. The van der Waals surface area contributed by atoms with Gasteiger partial charge in [-0.15, -0.1) is 0 Å². The van der Waals surface area contributed by atoms with Gasteiger partial charge in [0.25, 0.3) is 5.91 Å². The summed E-state index contributed by atoms with van der Waals surface area (Å²) in [6.45, 7) is 9.42. The van der Waals surface area contributed by atoms with Crippen LogP contribution in [0.4, 0.5) is 10.5 Å². The summed E-state index contributed by atoms with van der Waals surface area (Å²) in [6, 6.07) is 5.61. The normalized spacial score (nSPS) is 25.5. The highest BCUT2D eigenvalue weighted by atomic mass is 16.2. The fourth-order valence-electron chi connectivity index (χ4n) is 4.35. The van der Waals surface area contributed by atoms with Gasteiger partial charge in [0.1, 0.15) is 5.54 Å². The van der Waals surface area contributed by atoms with Crippen LogP contribution in [0.25, 0.3) is 0 Å². The first kappa shape index (κ1) is 20.8. The Morgan fingerprint density at radius 2 is 1.80 bits per heavy atom. The van der Waals surface area contributed by atoms with Crippen molar-refractivity contribution in [3.05, 3.63) is 29.3 Å². The van der Waals surface area contributed by atoms with Crippen molar-refractivity contribution >= 4 is 23.5 Å². The lowest BCUT2D eigenvalue weighted by Gasteiger charge is -2.35. The number of benzene rings is 1. The first-order valence-corrected chi connectivity index (χ1v) is 10.7. The molecule has 30 heavy (non-hydrogen) atoms. The van der Waals surface area contributed by atoms with Gasteiger partial charge in [-0.2, -0.15) is 0 Å². The summed E-state index contributed by atoms with van der Waals surface area (Å²) in [7, 11) is 0. The molecular formula is C22H31N5O3. The van der Waals surface area contributed by atoms with Crippen molar-refractivity contribution in [1.82, 2.24) is 20.0 Å². The number of carbonyl (C=O) groups excluding carboxylic acids is 3. The molecule has 1 aromatic rings. The minimum absolute atomic E-state index is 0.0218. The number of amides is 4. The fraction of sp³-hybridized carbons (Fsp3) is 0.591. The minimum Gasteiger partial charge on any atom is -0.325 e. The molecule has 3 aliphatic rings. The second-order valence-electron chi connectivity index (χ2n) is 8.97. The van der Waals surface area contributed by atoms with E-state index in [2.05, 4.69) is 20.4 Å². The number of aryl methyl sites for hydroxylation is 1. The van der Waals surface area contributed by atoms with E-state index in [1.807, 2.05) is 39.0 Å². The summed E-state index contributed by atoms with van der Waals surface area (Å²) in [5.41, 5.74) is 2.36. The molecule has 4 rings (SSSR count).